The maximum absolute atomic E-state index is 3.94. The van der Waals surface area contributed by atoms with E-state index in [1.54, 1.807) is 0 Å². The molecule has 0 fully saturated rings. The smallest absolute Gasteiger partial charge is 0.0181 e. The Bertz CT molecular complexity index is 442. The summed E-state index contributed by atoms with van der Waals surface area (Å²) in [5.41, 5.74) is 1.42. The summed E-state index contributed by atoms with van der Waals surface area (Å²) in [6, 6.07) is 15.2. The Morgan fingerprint density at radius 2 is 1.80 bits per heavy atom. The molecule has 0 heteroatoms. The molecule has 1 unspecified atom stereocenters. The van der Waals surface area contributed by atoms with Crippen LogP contribution in [0.2, 0.25) is 0 Å². The second kappa shape index (κ2) is 4.48. The van der Waals surface area contributed by atoms with Crippen LogP contribution in [0.15, 0.2) is 42.5 Å². The number of benzene rings is 2. The molecule has 0 aliphatic rings. The highest BCUT2D eigenvalue weighted by molar-refractivity contribution is 5.82. The van der Waals surface area contributed by atoms with Crippen LogP contribution in [0.25, 0.3) is 10.8 Å². The highest BCUT2D eigenvalue weighted by Crippen LogP contribution is 2.18. The molecular formula is C15H17. The van der Waals surface area contributed by atoms with Crippen molar-refractivity contribution in [3.05, 3.63) is 55.0 Å². The Balaban J connectivity index is 2.30. The van der Waals surface area contributed by atoms with Crippen LogP contribution in [0.1, 0.15) is 18.9 Å². The van der Waals surface area contributed by atoms with Gasteiger partial charge in [-0.3, -0.25) is 0 Å². The first-order valence-corrected chi connectivity index (χ1v) is 5.56. The molecule has 0 aliphatic heterocycles. The average molecular weight is 197 g/mol. The second-order valence-electron chi connectivity index (χ2n) is 4.28. The SMILES string of the molecule is [CH2]CC(C)Cc1ccc2ccccc2c1. The first-order chi connectivity index (χ1) is 7.29. The van der Waals surface area contributed by atoms with Crippen LogP contribution in [0.4, 0.5) is 0 Å². The summed E-state index contributed by atoms with van der Waals surface area (Å²) in [5, 5.41) is 2.66. The fourth-order valence-electron chi connectivity index (χ4n) is 1.87. The zero-order valence-corrected chi connectivity index (χ0v) is 9.24. The van der Waals surface area contributed by atoms with Gasteiger partial charge in [0.25, 0.3) is 0 Å². The average Bonchev–Trinajstić information content (AvgIpc) is 2.29. The Hall–Kier alpha value is -1.30. The van der Waals surface area contributed by atoms with Gasteiger partial charge in [-0.2, -0.15) is 0 Å². The van der Waals surface area contributed by atoms with Crippen molar-refractivity contribution < 1.29 is 0 Å². The molecule has 1 atom stereocenters. The molecular weight excluding hydrogens is 180 g/mol. The van der Waals surface area contributed by atoms with Gasteiger partial charge >= 0.3 is 0 Å². The van der Waals surface area contributed by atoms with Crippen molar-refractivity contribution >= 4 is 10.8 Å². The number of rotatable bonds is 3. The van der Waals surface area contributed by atoms with Gasteiger partial charge in [0.15, 0.2) is 0 Å². The van der Waals surface area contributed by atoms with E-state index in [1.807, 2.05) is 0 Å². The fraction of sp³-hybridized carbons (Fsp3) is 0.267. The Labute approximate surface area is 91.9 Å². The first kappa shape index (κ1) is 10.2. The van der Waals surface area contributed by atoms with Gasteiger partial charge in [0.2, 0.25) is 0 Å². The van der Waals surface area contributed by atoms with Crippen molar-refractivity contribution in [1.82, 2.24) is 0 Å². The van der Waals surface area contributed by atoms with E-state index in [1.165, 1.54) is 16.3 Å². The molecule has 1 radical (unpaired) electrons. The van der Waals surface area contributed by atoms with Crippen molar-refractivity contribution in [3.8, 4) is 0 Å². The molecule has 2 rings (SSSR count). The Morgan fingerprint density at radius 3 is 2.53 bits per heavy atom. The molecule has 2 aromatic rings. The maximum Gasteiger partial charge on any atom is -0.0181 e. The summed E-state index contributed by atoms with van der Waals surface area (Å²) in [6.45, 7) is 6.20. The van der Waals surface area contributed by atoms with Crippen molar-refractivity contribution in [2.45, 2.75) is 19.8 Å². The van der Waals surface area contributed by atoms with Crippen LogP contribution < -0.4 is 0 Å². The van der Waals surface area contributed by atoms with E-state index in [0.29, 0.717) is 5.92 Å². The summed E-state index contributed by atoms with van der Waals surface area (Å²) >= 11 is 0. The van der Waals surface area contributed by atoms with Crippen LogP contribution >= 0.6 is 0 Å². The van der Waals surface area contributed by atoms with Crippen molar-refractivity contribution in [1.29, 1.82) is 0 Å². The van der Waals surface area contributed by atoms with E-state index in [2.05, 4.69) is 56.3 Å². The topological polar surface area (TPSA) is 0 Å². The molecule has 0 aromatic heterocycles. The highest BCUT2D eigenvalue weighted by atomic mass is 14.1. The molecule has 0 bridgehead atoms. The summed E-state index contributed by atoms with van der Waals surface area (Å²) < 4.78 is 0. The molecule has 0 heterocycles. The third-order valence-corrected chi connectivity index (χ3v) is 2.89. The lowest BCUT2D eigenvalue weighted by atomic mass is 9.97. The third-order valence-electron chi connectivity index (χ3n) is 2.89. The molecule has 0 amide bonds. The Kier molecular flexibility index (Phi) is 3.05. The van der Waals surface area contributed by atoms with Crippen molar-refractivity contribution in [3.63, 3.8) is 0 Å². The van der Waals surface area contributed by atoms with Gasteiger partial charge in [-0.25, -0.2) is 0 Å². The van der Waals surface area contributed by atoms with Gasteiger partial charge in [0.05, 0.1) is 0 Å². The Morgan fingerprint density at radius 1 is 1.07 bits per heavy atom. The van der Waals surface area contributed by atoms with Crippen LogP contribution in [0, 0.1) is 12.8 Å². The number of hydrogen-bond donors (Lipinski definition) is 0. The molecule has 0 spiro atoms. The fourth-order valence-corrected chi connectivity index (χ4v) is 1.87. The highest BCUT2D eigenvalue weighted by Gasteiger charge is 2.01. The summed E-state index contributed by atoms with van der Waals surface area (Å²) in [5.74, 6) is 0.672. The summed E-state index contributed by atoms with van der Waals surface area (Å²) in [7, 11) is 0. The molecule has 0 saturated heterocycles. The monoisotopic (exact) mass is 197 g/mol. The lowest BCUT2D eigenvalue weighted by molar-refractivity contribution is 0.588. The minimum absolute atomic E-state index is 0.672. The largest absolute Gasteiger partial charge is 0.0622 e. The van der Waals surface area contributed by atoms with Gasteiger partial charge in [-0.15, -0.1) is 0 Å². The van der Waals surface area contributed by atoms with Gasteiger partial charge < -0.3 is 0 Å². The van der Waals surface area contributed by atoms with Crippen molar-refractivity contribution in [2.24, 2.45) is 5.92 Å². The summed E-state index contributed by atoms with van der Waals surface area (Å²) in [6.07, 6.45) is 2.14. The lowest BCUT2D eigenvalue weighted by Crippen LogP contribution is -1.97. The summed E-state index contributed by atoms with van der Waals surface area (Å²) in [4.78, 5) is 0. The van der Waals surface area contributed by atoms with E-state index in [0.717, 1.165) is 12.8 Å². The zero-order chi connectivity index (χ0) is 10.7. The molecule has 0 saturated carbocycles. The zero-order valence-electron chi connectivity index (χ0n) is 9.24. The standard InChI is InChI=1S/C15H17/c1-3-12(2)10-13-8-9-14-6-4-5-7-15(14)11-13/h4-9,11-12H,1,3,10H2,2H3. The van der Waals surface area contributed by atoms with Gasteiger partial charge in [-0.1, -0.05) is 62.7 Å². The van der Waals surface area contributed by atoms with Gasteiger partial charge in [0, 0.05) is 0 Å². The van der Waals surface area contributed by atoms with Crippen LogP contribution in [-0.2, 0) is 6.42 Å². The minimum Gasteiger partial charge on any atom is -0.0622 e. The lowest BCUT2D eigenvalue weighted by Gasteiger charge is -2.08. The maximum atomic E-state index is 3.94. The van der Waals surface area contributed by atoms with E-state index in [-0.39, 0.29) is 0 Å². The van der Waals surface area contributed by atoms with Crippen LogP contribution in [0.3, 0.4) is 0 Å². The predicted molar refractivity (Wildman–Crippen MR) is 66.8 cm³/mol. The van der Waals surface area contributed by atoms with Crippen LogP contribution in [-0.4, -0.2) is 0 Å². The molecule has 0 nitrogen and oxygen atoms in total. The van der Waals surface area contributed by atoms with E-state index in [4.69, 9.17) is 0 Å². The van der Waals surface area contributed by atoms with E-state index >= 15 is 0 Å². The molecule has 2 aromatic carbocycles. The molecule has 0 aliphatic carbocycles. The predicted octanol–water partition coefficient (Wildman–Crippen LogP) is 4.24. The van der Waals surface area contributed by atoms with Gasteiger partial charge in [-0.05, 0) is 28.7 Å². The van der Waals surface area contributed by atoms with Crippen LogP contribution in [0.5, 0.6) is 0 Å². The van der Waals surface area contributed by atoms with Crippen molar-refractivity contribution in [2.75, 3.05) is 0 Å². The van der Waals surface area contributed by atoms with E-state index < -0.39 is 0 Å². The first-order valence-electron chi connectivity index (χ1n) is 5.56. The quantitative estimate of drug-likeness (QED) is 0.690. The second-order valence-corrected chi connectivity index (χ2v) is 4.28. The molecule has 0 N–H and O–H groups in total. The normalized spacial score (nSPS) is 12.9. The minimum atomic E-state index is 0.672. The number of hydrogen-bond acceptors (Lipinski definition) is 0. The number of fused-ring (bicyclic) bond motifs is 1. The third kappa shape index (κ3) is 2.38. The molecule has 15 heavy (non-hydrogen) atoms. The van der Waals surface area contributed by atoms with Gasteiger partial charge in [0.1, 0.15) is 0 Å². The van der Waals surface area contributed by atoms with E-state index in [9.17, 15) is 0 Å². The molecule has 77 valence electrons.